The van der Waals surface area contributed by atoms with E-state index in [1.54, 1.807) is 0 Å². The molecule has 1 fully saturated rings. The number of carbonyl (C=O) groups is 1. The van der Waals surface area contributed by atoms with E-state index in [0.717, 1.165) is 6.07 Å². The van der Waals surface area contributed by atoms with Crippen LogP contribution in [-0.4, -0.2) is 48.1 Å². The molecule has 8 heteroatoms. The molecule has 0 radical (unpaired) electrons. The zero-order valence-electron chi connectivity index (χ0n) is 10.5. The van der Waals surface area contributed by atoms with Crippen molar-refractivity contribution in [3.05, 3.63) is 28.8 Å². The van der Waals surface area contributed by atoms with Gasteiger partial charge in [0.05, 0.1) is 22.1 Å². The maximum atomic E-state index is 12.5. The summed E-state index contributed by atoms with van der Waals surface area (Å²) in [6, 6.07) is 3.12. The molecule has 6 nitrogen and oxygen atoms in total. The lowest BCUT2D eigenvalue weighted by atomic mass is 10.2. The van der Waals surface area contributed by atoms with E-state index in [9.17, 15) is 18.3 Å². The first-order valence-corrected chi connectivity index (χ1v) is 7.85. The van der Waals surface area contributed by atoms with Crippen LogP contribution in [0.5, 0.6) is 0 Å². The number of benzene rings is 1. The topological polar surface area (TPSA) is 94.9 Å². The quantitative estimate of drug-likeness (QED) is 0.869. The molecule has 1 aliphatic rings. The van der Waals surface area contributed by atoms with Crippen molar-refractivity contribution >= 4 is 27.6 Å². The van der Waals surface area contributed by atoms with Crippen molar-refractivity contribution in [1.29, 1.82) is 0 Å². The number of aromatic carboxylic acids is 1. The van der Waals surface area contributed by atoms with Crippen molar-refractivity contribution in [2.24, 2.45) is 0 Å². The lowest BCUT2D eigenvalue weighted by molar-refractivity contribution is 0.0697. The summed E-state index contributed by atoms with van der Waals surface area (Å²) in [5, 5.41) is 18.2. The summed E-state index contributed by atoms with van der Waals surface area (Å²) in [6.45, 7) is 0.0667. The predicted molar refractivity (Wildman–Crippen MR) is 72.4 cm³/mol. The predicted octanol–water partition coefficient (Wildman–Crippen LogP) is 1.18. The van der Waals surface area contributed by atoms with Gasteiger partial charge in [-0.25, -0.2) is 13.2 Å². The molecule has 20 heavy (non-hydrogen) atoms. The molecule has 1 atom stereocenters. The van der Waals surface area contributed by atoms with E-state index >= 15 is 0 Å². The average Bonchev–Trinajstić information content (AvgIpc) is 2.87. The molecule has 1 aliphatic heterocycles. The van der Waals surface area contributed by atoms with E-state index in [4.69, 9.17) is 16.7 Å². The van der Waals surface area contributed by atoms with Gasteiger partial charge in [0.2, 0.25) is 10.0 Å². The number of aliphatic hydroxyl groups is 1. The first kappa shape index (κ1) is 15.2. The number of carboxylic acid groups (broad SMARTS) is 1. The summed E-state index contributed by atoms with van der Waals surface area (Å²) in [5.41, 5.74) is -0.257. The highest BCUT2D eigenvalue weighted by Crippen LogP contribution is 2.28. The van der Waals surface area contributed by atoms with Gasteiger partial charge in [0, 0.05) is 12.6 Å². The van der Waals surface area contributed by atoms with Gasteiger partial charge in [0.25, 0.3) is 0 Å². The Hall–Kier alpha value is -1.15. The van der Waals surface area contributed by atoms with Crippen LogP contribution < -0.4 is 0 Å². The molecule has 0 aromatic heterocycles. The van der Waals surface area contributed by atoms with Crippen LogP contribution in [0.15, 0.2) is 23.1 Å². The van der Waals surface area contributed by atoms with E-state index in [1.165, 1.54) is 16.4 Å². The molecule has 1 aromatic carbocycles. The molecule has 0 aliphatic carbocycles. The minimum Gasteiger partial charge on any atom is -0.478 e. The lowest BCUT2D eigenvalue weighted by Crippen LogP contribution is -2.37. The molecule has 1 saturated heterocycles. The van der Waals surface area contributed by atoms with Crippen molar-refractivity contribution < 1.29 is 23.4 Å². The Bertz CT molecular complexity index is 631. The van der Waals surface area contributed by atoms with Crippen LogP contribution in [0.4, 0.5) is 0 Å². The molecular formula is C12H14ClNO5S. The monoisotopic (exact) mass is 319 g/mol. The van der Waals surface area contributed by atoms with Gasteiger partial charge in [0.15, 0.2) is 0 Å². The summed E-state index contributed by atoms with van der Waals surface area (Å²) in [4.78, 5) is 10.9. The number of rotatable bonds is 4. The van der Waals surface area contributed by atoms with Crippen LogP contribution in [0.3, 0.4) is 0 Å². The van der Waals surface area contributed by atoms with Crippen molar-refractivity contribution in [1.82, 2.24) is 4.31 Å². The Morgan fingerprint density at radius 1 is 1.45 bits per heavy atom. The number of hydrogen-bond donors (Lipinski definition) is 2. The highest BCUT2D eigenvalue weighted by atomic mass is 35.5. The number of nitrogens with zero attached hydrogens (tertiary/aromatic N) is 1. The molecule has 110 valence electrons. The number of hydrogen-bond acceptors (Lipinski definition) is 4. The fraction of sp³-hybridized carbons (Fsp3) is 0.417. The Morgan fingerprint density at radius 3 is 2.75 bits per heavy atom. The van der Waals surface area contributed by atoms with Gasteiger partial charge in [-0.2, -0.15) is 4.31 Å². The number of halogens is 1. The molecule has 0 saturated carbocycles. The third-order valence-corrected chi connectivity index (χ3v) is 5.59. The Morgan fingerprint density at radius 2 is 2.15 bits per heavy atom. The van der Waals surface area contributed by atoms with Gasteiger partial charge in [-0.1, -0.05) is 11.6 Å². The molecule has 0 spiro atoms. The smallest absolute Gasteiger partial charge is 0.337 e. The fourth-order valence-electron chi connectivity index (χ4n) is 2.27. The second-order valence-corrected chi connectivity index (χ2v) is 6.84. The molecule has 0 amide bonds. The summed E-state index contributed by atoms with van der Waals surface area (Å²) in [6.07, 6.45) is 1.26. The molecule has 1 heterocycles. The summed E-state index contributed by atoms with van der Waals surface area (Å²) in [7, 11) is -3.82. The van der Waals surface area contributed by atoms with E-state index in [2.05, 4.69) is 0 Å². The average molecular weight is 320 g/mol. The van der Waals surface area contributed by atoms with Crippen LogP contribution in [0.1, 0.15) is 23.2 Å². The number of aliphatic hydroxyl groups excluding tert-OH is 1. The first-order chi connectivity index (χ1) is 9.37. The van der Waals surface area contributed by atoms with Gasteiger partial charge >= 0.3 is 5.97 Å². The zero-order chi connectivity index (χ0) is 14.9. The van der Waals surface area contributed by atoms with Gasteiger partial charge in [0.1, 0.15) is 0 Å². The number of carboxylic acids is 1. The normalized spacial score (nSPS) is 20.2. The second kappa shape index (κ2) is 5.69. The van der Waals surface area contributed by atoms with Gasteiger partial charge in [-0.05, 0) is 31.0 Å². The largest absolute Gasteiger partial charge is 0.478 e. The number of sulfonamides is 1. The third kappa shape index (κ3) is 2.67. The molecule has 1 unspecified atom stereocenters. The van der Waals surface area contributed by atoms with Gasteiger partial charge < -0.3 is 10.2 Å². The van der Waals surface area contributed by atoms with Crippen LogP contribution in [0.2, 0.25) is 5.02 Å². The Balaban J connectivity index is 2.44. The second-order valence-electron chi connectivity index (χ2n) is 4.54. The Labute approximate surface area is 121 Å². The molecule has 2 N–H and O–H groups in total. The van der Waals surface area contributed by atoms with E-state index in [0.29, 0.717) is 19.4 Å². The molecular weight excluding hydrogens is 306 g/mol. The van der Waals surface area contributed by atoms with Crippen molar-refractivity contribution in [2.75, 3.05) is 13.2 Å². The van der Waals surface area contributed by atoms with Crippen LogP contribution in [-0.2, 0) is 10.0 Å². The SMILES string of the molecule is O=C(O)c1cc(S(=O)(=O)N2CCCC2CO)ccc1Cl. The standard InChI is InChI=1S/C12H14ClNO5S/c13-11-4-3-9(6-10(11)12(16)17)20(18,19)14-5-1-2-8(14)7-15/h3-4,6,8,15H,1-2,5,7H2,(H,16,17). The fourth-order valence-corrected chi connectivity index (χ4v) is 4.18. The van der Waals surface area contributed by atoms with Crippen molar-refractivity contribution in [2.45, 2.75) is 23.8 Å². The van der Waals surface area contributed by atoms with Crippen molar-refractivity contribution in [3.8, 4) is 0 Å². The van der Waals surface area contributed by atoms with Crippen LogP contribution in [0, 0.1) is 0 Å². The summed E-state index contributed by atoms with van der Waals surface area (Å²) in [5.74, 6) is -1.29. The van der Waals surface area contributed by atoms with Gasteiger partial charge in [-0.15, -0.1) is 0 Å². The minimum absolute atomic E-state index is 0.0171. The highest BCUT2D eigenvalue weighted by Gasteiger charge is 2.35. The van der Waals surface area contributed by atoms with E-state index in [-0.39, 0.29) is 22.1 Å². The minimum atomic E-state index is -3.82. The highest BCUT2D eigenvalue weighted by molar-refractivity contribution is 7.89. The maximum absolute atomic E-state index is 12.5. The summed E-state index contributed by atoms with van der Waals surface area (Å²) >= 11 is 5.73. The van der Waals surface area contributed by atoms with Crippen LogP contribution >= 0.6 is 11.6 Å². The van der Waals surface area contributed by atoms with E-state index < -0.39 is 22.0 Å². The first-order valence-electron chi connectivity index (χ1n) is 6.03. The van der Waals surface area contributed by atoms with Crippen molar-refractivity contribution in [3.63, 3.8) is 0 Å². The zero-order valence-corrected chi connectivity index (χ0v) is 12.1. The molecule has 0 bridgehead atoms. The summed E-state index contributed by atoms with van der Waals surface area (Å²) < 4.78 is 26.1. The van der Waals surface area contributed by atoms with Crippen LogP contribution in [0.25, 0.3) is 0 Å². The van der Waals surface area contributed by atoms with Gasteiger partial charge in [-0.3, -0.25) is 0 Å². The molecule has 2 rings (SSSR count). The van der Waals surface area contributed by atoms with E-state index in [1.807, 2.05) is 0 Å². The molecule has 1 aromatic rings. The lowest BCUT2D eigenvalue weighted by Gasteiger charge is -2.22. The third-order valence-electron chi connectivity index (χ3n) is 3.31. The maximum Gasteiger partial charge on any atom is 0.337 e. The Kier molecular flexibility index (Phi) is 4.33.